The Labute approximate surface area is 153 Å². The van der Waals surface area contributed by atoms with Gasteiger partial charge in [0, 0.05) is 17.6 Å². The molecular weight excluding hydrogens is 368 g/mol. The topological polar surface area (TPSA) is 74.1 Å². The summed E-state index contributed by atoms with van der Waals surface area (Å²) in [5.41, 5.74) is 0.647. The Balaban J connectivity index is 2.11. The summed E-state index contributed by atoms with van der Waals surface area (Å²) in [5, 5.41) is 14.6. The van der Waals surface area contributed by atoms with E-state index in [1.807, 2.05) is 0 Å². The molecule has 0 aliphatic heterocycles. The highest BCUT2D eigenvalue weighted by atomic mass is 35.5. The van der Waals surface area contributed by atoms with E-state index in [4.69, 9.17) is 33.2 Å². The largest absolute Gasteiger partial charge is 0.495 e. The van der Waals surface area contributed by atoms with E-state index in [1.54, 1.807) is 18.2 Å². The van der Waals surface area contributed by atoms with Crippen LogP contribution < -0.4 is 15.4 Å². The molecule has 0 atom stereocenters. The first-order valence-corrected chi connectivity index (χ1v) is 7.67. The molecule has 2 rings (SSSR count). The molecule has 128 valence electrons. The highest BCUT2D eigenvalue weighted by Crippen LogP contribution is 2.27. The van der Waals surface area contributed by atoms with Gasteiger partial charge in [0.2, 0.25) is 0 Å². The smallest absolute Gasteiger partial charge is 0.267 e. The predicted octanol–water partition coefficient (Wildman–Crippen LogP) is 4.60. The maximum absolute atomic E-state index is 13.1. The van der Waals surface area contributed by atoms with Crippen LogP contribution >= 0.6 is 23.2 Å². The third-order valence-corrected chi connectivity index (χ3v) is 3.66. The molecule has 0 unspecified atom stereocenters. The highest BCUT2D eigenvalue weighted by molar-refractivity contribution is 6.32. The number of hydrogen-bond acceptors (Lipinski definition) is 4. The number of rotatable bonds is 5. The fourth-order valence-corrected chi connectivity index (χ4v) is 2.27. The van der Waals surface area contributed by atoms with E-state index in [-0.39, 0.29) is 10.6 Å². The van der Waals surface area contributed by atoms with E-state index in [0.29, 0.717) is 22.1 Å². The van der Waals surface area contributed by atoms with Crippen molar-refractivity contribution in [1.29, 1.82) is 5.26 Å². The lowest BCUT2D eigenvalue weighted by molar-refractivity contribution is -0.112. The number of anilines is 2. The number of ether oxygens (including phenoxy) is 1. The lowest BCUT2D eigenvalue weighted by Crippen LogP contribution is -2.14. The zero-order valence-electron chi connectivity index (χ0n) is 12.9. The number of halogens is 3. The number of benzene rings is 2. The summed E-state index contributed by atoms with van der Waals surface area (Å²) in [7, 11) is 1.48. The summed E-state index contributed by atoms with van der Waals surface area (Å²) in [5.74, 6) is -0.735. The van der Waals surface area contributed by atoms with Crippen molar-refractivity contribution in [2.75, 3.05) is 17.7 Å². The van der Waals surface area contributed by atoms with Crippen LogP contribution in [0, 0.1) is 17.1 Å². The third-order valence-electron chi connectivity index (χ3n) is 3.08. The van der Waals surface area contributed by atoms with E-state index >= 15 is 0 Å². The van der Waals surface area contributed by atoms with E-state index in [9.17, 15) is 9.18 Å². The molecule has 8 heteroatoms. The summed E-state index contributed by atoms with van der Waals surface area (Å²) in [6.07, 6.45) is 1.20. The van der Waals surface area contributed by atoms with Crippen LogP contribution in [0.4, 0.5) is 15.8 Å². The summed E-state index contributed by atoms with van der Waals surface area (Å²) in [6.45, 7) is 0. The minimum Gasteiger partial charge on any atom is -0.495 e. The first-order chi connectivity index (χ1) is 11.9. The molecule has 0 bridgehead atoms. The summed E-state index contributed by atoms with van der Waals surface area (Å²) < 4.78 is 18.1. The molecule has 0 spiro atoms. The first-order valence-electron chi connectivity index (χ1n) is 6.91. The number of methoxy groups -OCH3 is 1. The van der Waals surface area contributed by atoms with Crippen molar-refractivity contribution in [1.82, 2.24) is 0 Å². The lowest BCUT2D eigenvalue weighted by Gasteiger charge is -2.08. The Kier molecular flexibility index (Phi) is 6.23. The minimum atomic E-state index is -0.635. The number of nitrogens with one attached hydrogen (secondary N) is 2. The molecule has 0 fully saturated rings. The van der Waals surface area contributed by atoms with Gasteiger partial charge in [-0.15, -0.1) is 0 Å². The number of carbonyl (C=O) groups excluding carboxylic acids is 1. The highest BCUT2D eigenvalue weighted by Gasteiger charge is 2.11. The second-order valence-electron chi connectivity index (χ2n) is 4.75. The van der Waals surface area contributed by atoms with Gasteiger partial charge in [-0.05, 0) is 36.4 Å². The predicted molar refractivity (Wildman–Crippen MR) is 95.4 cm³/mol. The van der Waals surface area contributed by atoms with Gasteiger partial charge in [0.25, 0.3) is 5.91 Å². The van der Waals surface area contributed by atoms with Gasteiger partial charge >= 0.3 is 0 Å². The van der Waals surface area contributed by atoms with Crippen LogP contribution in [-0.2, 0) is 4.79 Å². The molecule has 0 heterocycles. The molecule has 0 aromatic heterocycles. The van der Waals surface area contributed by atoms with Crippen molar-refractivity contribution in [3.63, 3.8) is 0 Å². The normalized spacial score (nSPS) is 10.8. The summed E-state index contributed by atoms with van der Waals surface area (Å²) in [6, 6.07) is 10.4. The van der Waals surface area contributed by atoms with Crippen LogP contribution in [0.1, 0.15) is 0 Å². The van der Waals surface area contributed by atoms with E-state index in [0.717, 1.165) is 0 Å². The molecule has 25 heavy (non-hydrogen) atoms. The maximum Gasteiger partial charge on any atom is 0.267 e. The fourth-order valence-electron chi connectivity index (χ4n) is 1.83. The average Bonchev–Trinajstić information content (AvgIpc) is 2.58. The first kappa shape index (κ1) is 18.6. The molecule has 0 aliphatic rings. The Hall–Kier alpha value is -2.75. The van der Waals surface area contributed by atoms with Crippen LogP contribution in [0.3, 0.4) is 0 Å². The molecular formula is C17H12Cl2FN3O2. The Morgan fingerprint density at radius 1 is 1.20 bits per heavy atom. The van der Waals surface area contributed by atoms with Crippen LogP contribution in [-0.4, -0.2) is 13.0 Å². The lowest BCUT2D eigenvalue weighted by atomic mass is 10.2. The zero-order chi connectivity index (χ0) is 18.4. The minimum absolute atomic E-state index is 0.0748. The average molecular weight is 380 g/mol. The van der Waals surface area contributed by atoms with Crippen LogP contribution in [0.5, 0.6) is 5.75 Å². The van der Waals surface area contributed by atoms with E-state index < -0.39 is 11.7 Å². The van der Waals surface area contributed by atoms with Crippen molar-refractivity contribution < 1.29 is 13.9 Å². The maximum atomic E-state index is 13.1. The van der Waals surface area contributed by atoms with Crippen LogP contribution in [0.25, 0.3) is 0 Å². The van der Waals surface area contributed by atoms with Gasteiger partial charge in [0.05, 0.1) is 17.2 Å². The van der Waals surface area contributed by atoms with Crippen molar-refractivity contribution in [2.24, 2.45) is 0 Å². The molecule has 5 nitrogen and oxygen atoms in total. The van der Waals surface area contributed by atoms with E-state index in [2.05, 4.69) is 10.6 Å². The Morgan fingerprint density at radius 2 is 1.88 bits per heavy atom. The molecule has 0 aliphatic carbocycles. The van der Waals surface area contributed by atoms with Crippen molar-refractivity contribution in [3.05, 3.63) is 64.0 Å². The van der Waals surface area contributed by atoms with Crippen LogP contribution in [0.15, 0.2) is 48.2 Å². The number of carbonyl (C=O) groups is 1. The molecule has 0 radical (unpaired) electrons. The zero-order valence-corrected chi connectivity index (χ0v) is 14.5. The third kappa shape index (κ3) is 4.86. The fraction of sp³-hybridized carbons (Fsp3) is 0.0588. The van der Waals surface area contributed by atoms with Gasteiger partial charge in [0.1, 0.15) is 23.2 Å². The van der Waals surface area contributed by atoms with Gasteiger partial charge in [-0.25, -0.2) is 4.39 Å². The van der Waals surface area contributed by atoms with Crippen molar-refractivity contribution in [2.45, 2.75) is 0 Å². The summed E-state index contributed by atoms with van der Waals surface area (Å²) in [4.78, 5) is 12.1. The molecule has 0 saturated heterocycles. The molecule has 2 N–H and O–H groups in total. The number of hydrogen-bond donors (Lipinski definition) is 2. The van der Waals surface area contributed by atoms with Gasteiger partial charge in [-0.2, -0.15) is 5.26 Å². The SMILES string of the molecule is COc1ccc(NC(=O)/C(C#N)=C\Nc2ccc(F)c(Cl)c2)cc1Cl. The van der Waals surface area contributed by atoms with Crippen LogP contribution in [0.2, 0.25) is 10.0 Å². The second-order valence-corrected chi connectivity index (χ2v) is 5.56. The van der Waals surface area contributed by atoms with Crippen molar-refractivity contribution in [3.8, 4) is 11.8 Å². The number of nitriles is 1. The van der Waals surface area contributed by atoms with E-state index in [1.165, 1.54) is 37.6 Å². The molecule has 1 amide bonds. The summed E-state index contributed by atoms with van der Waals surface area (Å²) >= 11 is 11.7. The van der Waals surface area contributed by atoms with Crippen molar-refractivity contribution >= 4 is 40.5 Å². The van der Waals surface area contributed by atoms with Gasteiger partial charge in [-0.3, -0.25) is 4.79 Å². The molecule has 0 saturated carbocycles. The second kappa shape index (κ2) is 8.38. The Bertz CT molecular complexity index is 879. The van der Waals surface area contributed by atoms with Gasteiger partial charge in [-0.1, -0.05) is 23.2 Å². The van der Waals surface area contributed by atoms with Gasteiger partial charge < -0.3 is 15.4 Å². The monoisotopic (exact) mass is 379 g/mol. The number of amides is 1. The standard InChI is InChI=1S/C17H12Cl2FN3O2/c1-25-16-5-3-12(7-14(16)19)23-17(24)10(8-21)9-22-11-2-4-15(20)13(18)6-11/h2-7,9,22H,1H3,(H,23,24)/b10-9-. The molecule has 2 aromatic carbocycles. The number of nitrogens with zero attached hydrogens (tertiary/aromatic N) is 1. The Morgan fingerprint density at radius 3 is 2.48 bits per heavy atom. The van der Waals surface area contributed by atoms with Gasteiger partial charge in [0.15, 0.2) is 0 Å². The quantitative estimate of drug-likeness (QED) is 0.587. The molecule has 2 aromatic rings.